The van der Waals surface area contributed by atoms with E-state index >= 15 is 0 Å². The van der Waals surface area contributed by atoms with Gasteiger partial charge in [-0.1, -0.05) is 26.2 Å². The quantitative estimate of drug-likeness (QED) is 0.683. The molecular weight excluding hydrogens is 360 g/mol. The summed E-state index contributed by atoms with van der Waals surface area (Å²) in [6, 6.07) is 6.86. The number of anilines is 1. The van der Waals surface area contributed by atoms with Crippen LogP contribution in [0.25, 0.3) is 10.9 Å². The van der Waals surface area contributed by atoms with E-state index in [-0.39, 0.29) is 0 Å². The zero-order valence-corrected chi connectivity index (χ0v) is 18.4. The van der Waals surface area contributed by atoms with Gasteiger partial charge in [0.25, 0.3) is 0 Å². The normalized spacial score (nSPS) is 20.1. The van der Waals surface area contributed by atoms with Crippen LogP contribution in [0.2, 0.25) is 0 Å². The molecule has 2 aromatic rings. The molecule has 3 heterocycles. The van der Waals surface area contributed by atoms with Crippen molar-refractivity contribution in [3.8, 4) is 0 Å². The molecule has 4 rings (SSSR count). The second-order valence-corrected chi connectivity index (χ2v) is 9.15. The number of fused-ring (bicyclic) bond motifs is 1. The Labute approximate surface area is 176 Å². The lowest BCUT2D eigenvalue weighted by Gasteiger charge is -2.27. The fraction of sp³-hybridized carbons (Fsp3) is 0.708. The minimum absolute atomic E-state index is 0.571. The molecule has 1 atom stereocenters. The van der Waals surface area contributed by atoms with E-state index in [0.717, 1.165) is 18.8 Å². The predicted molar refractivity (Wildman–Crippen MR) is 121 cm³/mol. The largest absolute Gasteiger partial charge is 0.375 e. The second-order valence-electron chi connectivity index (χ2n) is 9.15. The van der Waals surface area contributed by atoms with E-state index in [4.69, 9.17) is 9.84 Å². The number of hydrogen-bond acceptors (Lipinski definition) is 4. The third-order valence-electron chi connectivity index (χ3n) is 6.54. The predicted octanol–water partition coefficient (Wildman–Crippen LogP) is 4.59. The molecule has 2 saturated heterocycles. The Balaban J connectivity index is 1.37. The summed E-state index contributed by atoms with van der Waals surface area (Å²) in [6.07, 6.45) is 9.44. The van der Waals surface area contributed by atoms with Crippen molar-refractivity contribution >= 4 is 16.6 Å². The third-order valence-corrected chi connectivity index (χ3v) is 6.54. The van der Waals surface area contributed by atoms with Crippen molar-refractivity contribution in [3.05, 3.63) is 23.9 Å². The van der Waals surface area contributed by atoms with Crippen LogP contribution < -0.4 is 4.90 Å². The molecule has 2 fully saturated rings. The Morgan fingerprint density at radius 3 is 2.41 bits per heavy atom. The van der Waals surface area contributed by atoms with Crippen molar-refractivity contribution in [2.24, 2.45) is 13.0 Å². The maximum absolute atomic E-state index is 6.08. The molecule has 0 saturated carbocycles. The van der Waals surface area contributed by atoms with Crippen molar-refractivity contribution in [2.45, 2.75) is 58.5 Å². The summed E-state index contributed by atoms with van der Waals surface area (Å²) in [5.74, 6) is 0.571. The Morgan fingerprint density at radius 2 is 1.66 bits per heavy atom. The van der Waals surface area contributed by atoms with Gasteiger partial charge in [-0.25, -0.2) is 0 Å². The minimum atomic E-state index is 0.571. The van der Waals surface area contributed by atoms with Crippen LogP contribution in [0.3, 0.4) is 0 Å². The van der Waals surface area contributed by atoms with E-state index in [9.17, 15) is 0 Å². The molecule has 1 aromatic heterocycles. The van der Waals surface area contributed by atoms with Gasteiger partial charge in [-0.2, -0.15) is 5.10 Å². The van der Waals surface area contributed by atoms with E-state index in [1.165, 1.54) is 87.7 Å². The van der Waals surface area contributed by atoms with E-state index in [1.807, 2.05) is 4.68 Å². The maximum Gasteiger partial charge on any atom is 0.0960 e. The topological polar surface area (TPSA) is 33.5 Å². The first-order chi connectivity index (χ1) is 14.2. The van der Waals surface area contributed by atoms with Gasteiger partial charge in [0.2, 0.25) is 0 Å². The minimum Gasteiger partial charge on any atom is -0.375 e. The smallest absolute Gasteiger partial charge is 0.0960 e. The lowest BCUT2D eigenvalue weighted by atomic mass is 10.1. The van der Waals surface area contributed by atoms with Crippen LogP contribution in [0.1, 0.15) is 57.6 Å². The van der Waals surface area contributed by atoms with Crippen LogP contribution in [-0.2, 0) is 18.4 Å². The highest BCUT2D eigenvalue weighted by atomic mass is 16.5. The molecule has 5 nitrogen and oxygen atoms in total. The van der Waals surface area contributed by atoms with Gasteiger partial charge in [0, 0.05) is 37.8 Å². The van der Waals surface area contributed by atoms with Crippen LogP contribution in [0.5, 0.6) is 0 Å². The monoisotopic (exact) mass is 398 g/mol. The number of benzene rings is 1. The summed E-state index contributed by atoms with van der Waals surface area (Å²) in [5.41, 5.74) is 3.62. The van der Waals surface area contributed by atoms with Crippen molar-refractivity contribution in [1.29, 1.82) is 0 Å². The van der Waals surface area contributed by atoms with Gasteiger partial charge in [0.05, 0.1) is 24.4 Å². The highest BCUT2D eigenvalue weighted by Gasteiger charge is 2.16. The van der Waals surface area contributed by atoms with Crippen LogP contribution >= 0.6 is 0 Å². The third kappa shape index (κ3) is 5.32. The first-order valence-corrected chi connectivity index (χ1v) is 11.7. The average Bonchev–Trinajstić information content (AvgIpc) is 3.30. The Bertz CT molecular complexity index is 773. The van der Waals surface area contributed by atoms with E-state index in [0.29, 0.717) is 12.5 Å². The van der Waals surface area contributed by atoms with Crippen molar-refractivity contribution < 1.29 is 4.74 Å². The number of hydrogen-bond donors (Lipinski definition) is 0. The molecule has 0 radical (unpaired) electrons. The van der Waals surface area contributed by atoms with E-state index in [1.54, 1.807) is 0 Å². The molecule has 0 amide bonds. The second kappa shape index (κ2) is 9.94. The van der Waals surface area contributed by atoms with Gasteiger partial charge >= 0.3 is 0 Å². The Kier molecular flexibility index (Phi) is 7.09. The van der Waals surface area contributed by atoms with Crippen LogP contribution in [0.4, 0.5) is 5.69 Å². The molecule has 2 aliphatic heterocycles. The first kappa shape index (κ1) is 20.7. The number of rotatable bonds is 7. The lowest BCUT2D eigenvalue weighted by Crippen LogP contribution is -2.27. The van der Waals surface area contributed by atoms with Gasteiger partial charge < -0.3 is 14.5 Å². The van der Waals surface area contributed by atoms with Gasteiger partial charge in [-0.3, -0.25) is 4.68 Å². The number of aryl methyl sites for hydroxylation is 1. The standard InChI is InChI=1S/C24H38N4O/c1-20(17-27-12-8-9-13-27)18-29-19-23-22-11-10-21(16-24(22)26(2)25-23)28-14-6-4-3-5-7-15-28/h10-11,16,20H,3-9,12-15,17-19H2,1-2H3. The molecule has 2 aliphatic rings. The lowest BCUT2D eigenvalue weighted by molar-refractivity contribution is 0.0786. The Hall–Kier alpha value is -1.59. The van der Waals surface area contributed by atoms with Gasteiger partial charge in [-0.15, -0.1) is 0 Å². The van der Waals surface area contributed by atoms with Crippen molar-refractivity contribution in [1.82, 2.24) is 14.7 Å². The van der Waals surface area contributed by atoms with Crippen LogP contribution in [0.15, 0.2) is 18.2 Å². The van der Waals surface area contributed by atoms with Crippen molar-refractivity contribution in [3.63, 3.8) is 0 Å². The summed E-state index contributed by atoms with van der Waals surface area (Å²) >= 11 is 0. The molecular formula is C24H38N4O. The van der Waals surface area contributed by atoms with Crippen molar-refractivity contribution in [2.75, 3.05) is 44.2 Å². The Morgan fingerprint density at radius 1 is 0.966 bits per heavy atom. The molecule has 0 bridgehead atoms. The van der Waals surface area contributed by atoms with Crippen LogP contribution in [0, 0.1) is 5.92 Å². The fourth-order valence-electron chi connectivity index (χ4n) is 4.95. The average molecular weight is 399 g/mol. The highest BCUT2D eigenvalue weighted by molar-refractivity contribution is 5.85. The summed E-state index contributed by atoms with van der Waals surface area (Å²) in [6.45, 7) is 9.73. The molecule has 1 unspecified atom stereocenters. The number of aromatic nitrogens is 2. The summed E-state index contributed by atoms with van der Waals surface area (Å²) in [5, 5.41) is 6.00. The van der Waals surface area contributed by atoms with Gasteiger partial charge in [0.15, 0.2) is 0 Å². The molecule has 5 heteroatoms. The number of nitrogens with zero attached hydrogens (tertiary/aromatic N) is 4. The zero-order chi connectivity index (χ0) is 20.1. The SMILES string of the molecule is CC(COCc1nn(C)c2cc(N3CCCCCCC3)ccc12)CN1CCCC1. The number of likely N-dealkylation sites (tertiary alicyclic amines) is 1. The first-order valence-electron chi connectivity index (χ1n) is 11.7. The summed E-state index contributed by atoms with van der Waals surface area (Å²) in [7, 11) is 2.05. The van der Waals surface area contributed by atoms with Crippen LogP contribution in [-0.4, -0.2) is 54.0 Å². The van der Waals surface area contributed by atoms with E-state index in [2.05, 4.69) is 42.0 Å². The molecule has 29 heavy (non-hydrogen) atoms. The van der Waals surface area contributed by atoms with Gasteiger partial charge in [0.1, 0.15) is 0 Å². The zero-order valence-electron chi connectivity index (χ0n) is 18.4. The maximum atomic E-state index is 6.08. The molecule has 0 spiro atoms. The summed E-state index contributed by atoms with van der Waals surface area (Å²) in [4.78, 5) is 5.12. The molecule has 160 valence electrons. The molecule has 0 aliphatic carbocycles. The highest BCUT2D eigenvalue weighted by Crippen LogP contribution is 2.26. The van der Waals surface area contributed by atoms with Gasteiger partial charge in [-0.05, 0) is 62.9 Å². The molecule has 0 N–H and O–H groups in total. The number of ether oxygens (including phenoxy) is 1. The van der Waals surface area contributed by atoms with E-state index < -0.39 is 0 Å². The molecule has 1 aromatic carbocycles. The summed E-state index contributed by atoms with van der Waals surface area (Å²) < 4.78 is 8.10. The fourth-order valence-corrected chi connectivity index (χ4v) is 4.95.